The Morgan fingerprint density at radius 2 is 2.17 bits per heavy atom. The van der Waals surface area contributed by atoms with E-state index in [4.69, 9.17) is 9.52 Å². The second-order valence-corrected chi connectivity index (χ2v) is 3.64. The lowest BCUT2D eigenvalue weighted by atomic mass is 10.3. The number of carbonyl (C=O) groups is 2. The first-order valence-corrected chi connectivity index (χ1v) is 5.12. The molecule has 2 N–H and O–H groups in total. The monoisotopic (exact) mass is 246 g/mol. The van der Waals surface area contributed by atoms with Gasteiger partial charge in [0.25, 0.3) is 5.91 Å². The van der Waals surface area contributed by atoms with E-state index in [9.17, 15) is 9.59 Å². The van der Waals surface area contributed by atoms with Crippen molar-refractivity contribution in [3.8, 4) is 0 Å². The van der Waals surface area contributed by atoms with Crippen LogP contribution in [0, 0.1) is 6.92 Å². The fourth-order valence-corrected chi connectivity index (χ4v) is 1.36. The normalized spacial score (nSPS) is 10.1. The van der Waals surface area contributed by atoms with E-state index in [1.807, 2.05) is 0 Å². The third kappa shape index (κ3) is 2.54. The second kappa shape index (κ2) is 4.70. The molecule has 18 heavy (non-hydrogen) atoms. The van der Waals surface area contributed by atoms with Gasteiger partial charge in [-0.05, 0) is 25.1 Å². The number of carboxylic acid groups (broad SMARTS) is 1. The van der Waals surface area contributed by atoms with Crippen LogP contribution in [-0.4, -0.2) is 22.0 Å². The van der Waals surface area contributed by atoms with Gasteiger partial charge < -0.3 is 14.8 Å². The Bertz CT molecular complexity index is 586. The van der Waals surface area contributed by atoms with Crippen molar-refractivity contribution >= 4 is 17.6 Å². The molecule has 0 bridgehead atoms. The second-order valence-electron chi connectivity index (χ2n) is 3.64. The van der Waals surface area contributed by atoms with Gasteiger partial charge in [0, 0.05) is 0 Å². The summed E-state index contributed by atoms with van der Waals surface area (Å²) in [7, 11) is 0. The molecule has 0 saturated heterocycles. The lowest BCUT2D eigenvalue weighted by molar-refractivity contribution is 0.0690. The number of aromatic carboxylic acids is 1. The van der Waals surface area contributed by atoms with Crippen LogP contribution in [0.25, 0.3) is 0 Å². The molecule has 92 valence electrons. The minimum atomic E-state index is -1.11. The molecule has 2 rings (SSSR count). The molecule has 0 aromatic carbocycles. The van der Waals surface area contributed by atoms with Crippen LogP contribution in [0.5, 0.6) is 0 Å². The summed E-state index contributed by atoms with van der Waals surface area (Å²) < 4.78 is 5.02. The summed E-state index contributed by atoms with van der Waals surface area (Å²) in [4.78, 5) is 26.0. The van der Waals surface area contributed by atoms with Gasteiger partial charge >= 0.3 is 5.97 Å². The third-order valence-electron chi connectivity index (χ3n) is 2.23. The van der Waals surface area contributed by atoms with Gasteiger partial charge in [-0.2, -0.15) is 0 Å². The topological polar surface area (TPSA) is 92.4 Å². The molecule has 2 heterocycles. The number of pyridine rings is 1. The highest BCUT2D eigenvalue weighted by Crippen LogP contribution is 2.11. The minimum absolute atomic E-state index is 0.0767. The molecule has 0 spiro atoms. The van der Waals surface area contributed by atoms with Crippen molar-refractivity contribution in [1.29, 1.82) is 0 Å². The highest BCUT2D eigenvalue weighted by Gasteiger charge is 2.10. The van der Waals surface area contributed by atoms with Crippen LogP contribution < -0.4 is 5.32 Å². The summed E-state index contributed by atoms with van der Waals surface area (Å²) in [6.07, 6.45) is 2.64. The number of rotatable bonds is 3. The molecule has 0 aliphatic carbocycles. The molecule has 0 atom stereocenters. The third-order valence-corrected chi connectivity index (χ3v) is 2.23. The zero-order chi connectivity index (χ0) is 13.1. The van der Waals surface area contributed by atoms with Crippen molar-refractivity contribution in [2.45, 2.75) is 6.92 Å². The zero-order valence-corrected chi connectivity index (χ0v) is 9.51. The lowest BCUT2D eigenvalue weighted by Crippen LogP contribution is -2.11. The number of anilines is 1. The van der Waals surface area contributed by atoms with E-state index < -0.39 is 5.97 Å². The molecular weight excluding hydrogens is 236 g/mol. The van der Waals surface area contributed by atoms with Crippen LogP contribution in [0.3, 0.4) is 0 Å². The number of aromatic nitrogens is 1. The van der Waals surface area contributed by atoms with Gasteiger partial charge in [0.05, 0.1) is 17.4 Å². The molecule has 1 amide bonds. The van der Waals surface area contributed by atoms with Crippen molar-refractivity contribution in [2.24, 2.45) is 0 Å². The van der Waals surface area contributed by atoms with Crippen molar-refractivity contribution in [3.63, 3.8) is 0 Å². The van der Waals surface area contributed by atoms with Crippen LogP contribution in [0.15, 0.2) is 35.1 Å². The molecule has 2 aromatic rings. The fraction of sp³-hybridized carbons (Fsp3) is 0.0833. The summed E-state index contributed by atoms with van der Waals surface area (Å²) in [5, 5.41) is 11.3. The van der Waals surface area contributed by atoms with Gasteiger partial charge in [0.15, 0.2) is 0 Å². The molecule has 0 saturated carbocycles. The number of aryl methyl sites for hydroxylation is 1. The smallest absolute Gasteiger partial charge is 0.354 e. The number of hydrogen-bond donors (Lipinski definition) is 2. The van der Waals surface area contributed by atoms with E-state index in [-0.39, 0.29) is 11.6 Å². The van der Waals surface area contributed by atoms with Crippen molar-refractivity contribution in [1.82, 2.24) is 4.98 Å². The molecule has 0 unspecified atom stereocenters. The molecule has 2 aromatic heterocycles. The fourth-order valence-electron chi connectivity index (χ4n) is 1.36. The summed E-state index contributed by atoms with van der Waals surface area (Å²) in [5.41, 5.74) is 0.741. The van der Waals surface area contributed by atoms with Crippen LogP contribution in [0.4, 0.5) is 5.69 Å². The quantitative estimate of drug-likeness (QED) is 0.863. The predicted octanol–water partition coefficient (Wildman–Crippen LogP) is 1.93. The molecule has 6 heteroatoms. The zero-order valence-electron chi connectivity index (χ0n) is 9.51. The average molecular weight is 246 g/mol. The van der Waals surface area contributed by atoms with Gasteiger partial charge in [-0.1, -0.05) is 0 Å². The molecular formula is C12H10N2O4. The van der Waals surface area contributed by atoms with E-state index in [0.29, 0.717) is 17.0 Å². The van der Waals surface area contributed by atoms with Gasteiger partial charge in [-0.3, -0.25) is 4.79 Å². The Morgan fingerprint density at radius 1 is 1.39 bits per heavy atom. The van der Waals surface area contributed by atoms with Crippen LogP contribution in [0.1, 0.15) is 26.6 Å². The van der Waals surface area contributed by atoms with Crippen molar-refractivity contribution in [2.75, 3.05) is 5.32 Å². The van der Waals surface area contributed by atoms with E-state index in [1.54, 1.807) is 13.0 Å². The summed E-state index contributed by atoms with van der Waals surface area (Å²) in [5.74, 6) is -0.811. The molecule has 0 aliphatic rings. The standard InChI is InChI=1S/C12H10N2O4/c1-7-4-8(6-18-7)11(15)14-9-2-3-10(12(16)17)13-5-9/h2-6H,1H3,(H,14,15)(H,16,17). The number of amides is 1. The Balaban J connectivity index is 2.10. The first kappa shape index (κ1) is 11.8. The highest BCUT2D eigenvalue weighted by molar-refractivity contribution is 6.04. The maximum Gasteiger partial charge on any atom is 0.354 e. The summed E-state index contributed by atoms with van der Waals surface area (Å²) >= 11 is 0. The number of nitrogens with zero attached hydrogens (tertiary/aromatic N) is 1. The largest absolute Gasteiger partial charge is 0.477 e. The Labute approximate surface area is 102 Å². The van der Waals surface area contributed by atoms with Gasteiger partial charge in [0.1, 0.15) is 17.7 Å². The van der Waals surface area contributed by atoms with E-state index in [2.05, 4.69) is 10.3 Å². The SMILES string of the molecule is Cc1cc(C(=O)Nc2ccc(C(=O)O)nc2)co1. The maximum atomic E-state index is 11.7. The minimum Gasteiger partial charge on any atom is -0.477 e. The highest BCUT2D eigenvalue weighted by atomic mass is 16.4. The first-order chi connectivity index (χ1) is 8.56. The number of hydrogen-bond acceptors (Lipinski definition) is 4. The molecule has 0 fully saturated rings. The van der Waals surface area contributed by atoms with E-state index >= 15 is 0 Å². The Morgan fingerprint density at radius 3 is 2.67 bits per heavy atom. The average Bonchev–Trinajstić information content (AvgIpc) is 2.76. The van der Waals surface area contributed by atoms with Crippen molar-refractivity contribution < 1.29 is 19.1 Å². The number of carbonyl (C=O) groups excluding carboxylic acids is 1. The number of furan rings is 1. The summed E-state index contributed by atoms with van der Waals surface area (Å²) in [6.45, 7) is 1.74. The van der Waals surface area contributed by atoms with E-state index in [1.165, 1.54) is 24.6 Å². The van der Waals surface area contributed by atoms with Gasteiger partial charge in [-0.15, -0.1) is 0 Å². The summed E-state index contributed by atoms with van der Waals surface area (Å²) in [6, 6.07) is 4.40. The molecule has 6 nitrogen and oxygen atoms in total. The van der Waals surface area contributed by atoms with Gasteiger partial charge in [-0.25, -0.2) is 9.78 Å². The van der Waals surface area contributed by atoms with E-state index in [0.717, 1.165) is 0 Å². The molecule has 0 aliphatic heterocycles. The lowest BCUT2D eigenvalue weighted by Gasteiger charge is -2.02. The maximum absolute atomic E-state index is 11.7. The van der Waals surface area contributed by atoms with Crippen molar-refractivity contribution in [3.05, 3.63) is 47.7 Å². The van der Waals surface area contributed by atoms with Gasteiger partial charge in [0.2, 0.25) is 0 Å². The Hall–Kier alpha value is -2.63. The predicted molar refractivity (Wildman–Crippen MR) is 62.6 cm³/mol. The molecule has 0 radical (unpaired) electrons. The van der Waals surface area contributed by atoms with Crippen LogP contribution in [0.2, 0.25) is 0 Å². The van der Waals surface area contributed by atoms with Crippen LogP contribution in [-0.2, 0) is 0 Å². The number of carboxylic acids is 1. The number of nitrogens with one attached hydrogen (secondary N) is 1. The Kier molecular flexibility index (Phi) is 3.09. The first-order valence-electron chi connectivity index (χ1n) is 5.12. The van der Waals surface area contributed by atoms with Crippen LogP contribution >= 0.6 is 0 Å².